The molecule has 0 saturated carbocycles. The van der Waals surface area contributed by atoms with E-state index in [1.165, 1.54) is 18.6 Å². The molecule has 6 unspecified atom stereocenters. The van der Waals surface area contributed by atoms with Crippen molar-refractivity contribution in [3.05, 3.63) is 48.1 Å². The highest BCUT2D eigenvalue weighted by Gasteiger charge is 2.53. The van der Waals surface area contributed by atoms with Crippen molar-refractivity contribution >= 4 is 11.9 Å². The summed E-state index contributed by atoms with van der Waals surface area (Å²) in [5.41, 5.74) is 1.25. The van der Waals surface area contributed by atoms with Gasteiger partial charge in [0.25, 0.3) is 0 Å². The fourth-order valence-electron chi connectivity index (χ4n) is 6.25. The van der Waals surface area contributed by atoms with Crippen molar-refractivity contribution in [3.8, 4) is 11.5 Å². The zero-order chi connectivity index (χ0) is 28.7. The Morgan fingerprint density at radius 2 is 1.93 bits per heavy atom. The van der Waals surface area contributed by atoms with E-state index in [9.17, 15) is 14.7 Å². The third kappa shape index (κ3) is 8.33. The molecule has 41 heavy (non-hydrogen) atoms. The molecular weight excluding hydrogens is 528 g/mol. The number of ether oxygens (including phenoxy) is 6. The maximum atomic E-state index is 11.8. The van der Waals surface area contributed by atoms with Gasteiger partial charge in [0.05, 0.1) is 12.2 Å². The highest BCUT2D eigenvalue weighted by Crippen LogP contribution is 2.44. The molecule has 0 radical (unpaired) electrons. The smallest absolute Gasteiger partial charge is 0.330 e. The Hall–Kier alpha value is -2.88. The van der Waals surface area contributed by atoms with Gasteiger partial charge in [-0.25, -0.2) is 4.79 Å². The van der Waals surface area contributed by atoms with E-state index in [1.807, 2.05) is 6.07 Å². The lowest BCUT2D eigenvalue weighted by Gasteiger charge is -2.41. The number of unbranched alkanes of at least 4 members (excludes halogenated alkanes) is 4. The Morgan fingerprint density at radius 3 is 2.80 bits per heavy atom. The van der Waals surface area contributed by atoms with Gasteiger partial charge in [0, 0.05) is 32.3 Å². The second-order valence-corrected chi connectivity index (χ2v) is 11.5. The first kappa shape index (κ1) is 29.6. The molecule has 6 atom stereocenters. The summed E-state index contributed by atoms with van der Waals surface area (Å²) in [5, 5.41) is 10.6. The largest absolute Gasteiger partial charge is 0.462 e. The molecule has 1 spiro atoms. The predicted octanol–water partition coefficient (Wildman–Crippen LogP) is 5.07. The van der Waals surface area contributed by atoms with Crippen LogP contribution in [0.4, 0.5) is 0 Å². The fourth-order valence-corrected chi connectivity index (χ4v) is 6.25. The lowest BCUT2D eigenvalue weighted by atomic mass is 9.92. The molecule has 4 aliphatic heterocycles. The number of hydrogen-bond acceptors (Lipinski definition) is 9. The number of allylic oxidation sites excluding steroid dienone is 2. The van der Waals surface area contributed by atoms with Crippen molar-refractivity contribution in [2.45, 2.75) is 120 Å². The molecule has 0 amide bonds. The van der Waals surface area contributed by atoms with Crippen LogP contribution in [-0.2, 0) is 35.0 Å². The molecule has 9 heteroatoms. The Kier molecular flexibility index (Phi) is 10.0. The number of fused-ring (bicyclic) bond motifs is 2. The molecule has 0 aliphatic carbocycles. The summed E-state index contributed by atoms with van der Waals surface area (Å²) in [5.74, 6) is -0.0368. The number of carbonyl (C=O) groups excluding carboxylic acids is 2. The number of benzene rings is 1. The lowest BCUT2D eigenvalue weighted by Crippen LogP contribution is -2.47. The maximum absolute atomic E-state index is 11.8. The number of rotatable bonds is 13. The van der Waals surface area contributed by atoms with Gasteiger partial charge in [-0.15, -0.1) is 0 Å². The Balaban J connectivity index is 0.987. The van der Waals surface area contributed by atoms with Crippen LogP contribution in [0, 0.1) is 0 Å². The van der Waals surface area contributed by atoms with Crippen LogP contribution in [0.25, 0.3) is 0 Å². The first-order valence-electron chi connectivity index (χ1n) is 15.0. The van der Waals surface area contributed by atoms with Gasteiger partial charge in [-0.1, -0.05) is 31.1 Å². The Bertz CT molecular complexity index is 1110. The molecule has 5 rings (SSSR count). The zero-order valence-electron chi connectivity index (χ0n) is 23.8. The number of aryl methyl sites for hydroxylation is 1. The van der Waals surface area contributed by atoms with Crippen molar-refractivity contribution in [2.24, 2.45) is 0 Å². The van der Waals surface area contributed by atoms with Crippen LogP contribution in [0.15, 0.2) is 42.5 Å². The Morgan fingerprint density at radius 1 is 1.10 bits per heavy atom. The number of hydrogen-bond donors (Lipinski definition) is 1. The summed E-state index contributed by atoms with van der Waals surface area (Å²) in [6.07, 6.45) is 15.3. The number of aliphatic hydroxyl groups is 1. The third-order valence-corrected chi connectivity index (χ3v) is 8.09. The minimum atomic E-state index is -0.995. The summed E-state index contributed by atoms with van der Waals surface area (Å²) in [4.78, 5) is 23.4. The third-order valence-electron chi connectivity index (χ3n) is 8.09. The standard InChI is InChI=1S/C32H42O9/c1-22(33)38-25(18-26-17-24(34)19-32(40-26)20-30-28(41-32)14-15-31(35)39-30)11-9-7-5-3-2-4-6-8-10-23-12-13-27-29(16-23)37-21-36-27/h4,6,12-16,24-26,28,30,34H,2-3,5,7-11,17-21H2,1H3/b6-4+. The quantitative estimate of drug-likeness (QED) is 0.197. The molecular formula is C32H42O9. The van der Waals surface area contributed by atoms with Gasteiger partial charge < -0.3 is 33.5 Å². The van der Waals surface area contributed by atoms with E-state index < -0.39 is 18.0 Å². The topological polar surface area (TPSA) is 110 Å². The average Bonchev–Trinajstić information content (AvgIpc) is 3.52. The molecule has 9 nitrogen and oxygen atoms in total. The predicted molar refractivity (Wildman–Crippen MR) is 149 cm³/mol. The van der Waals surface area contributed by atoms with Gasteiger partial charge in [-0.3, -0.25) is 4.79 Å². The van der Waals surface area contributed by atoms with Crippen molar-refractivity contribution in [1.29, 1.82) is 0 Å². The second-order valence-electron chi connectivity index (χ2n) is 11.5. The van der Waals surface area contributed by atoms with Crippen molar-refractivity contribution in [3.63, 3.8) is 0 Å². The minimum Gasteiger partial charge on any atom is -0.462 e. The number of esters is 2. The molecule has 1 N–H and O–H groups in total. The molecule has 2 saturated heterocycles. The first-order chi connectivity index (χ1) is 19.9. The molecule has 2 fully saturated rings. The van der Waals surface area contributed by atoms with Crippen molar-refractivity contribution < 1.29 is 43.1 Å². The van der Waals surface area contributed by atoms with E-state index in [0.29, 0.717) is 32.5 Å². The van der Waals surface area contributed by atoms with E-state index in [-0.39, 0.29) is 30.3 Å². The molecule has 224 valence electrons. The molecule has 4 heterocycles. The van der Waals surface area contributed by atoms with Gasteiger partial charge in [-0.05, 0) is 68.7 Å². The first-order valence-corrected chi connectivity index (χ1v) is 15.0. The van der Waals surface area contributed by atoms with E-state index in [2.05, 4.69) is 24.3 Å². The molecule has 4 aliphatic rings. The van der Waals surface area contributed by atoms with E-state index in [0.717, 1.165) is 62.9 Å². The summed E-state index contributed by atoms with van der Waals surface area (Å²) >= 11 is 0. The van der Waals surface area contributed by atoms with Crippen molar-refractivity contribution in [2.75, 3.05) is 6.79 Å². The lowest BCUT2D eigenvalue weighted by molar-refractivity contribution is -0.285. The summed E-state index contributed by atoms with van der Waals surface area (Å²) in [6.45, 7) is 1.73. The molecule has 0 aromatic heterocycles. The van der Waals surface area contributed by atoms with Crippen LogP contribution in [0.2, 0.25) is 0 Å². The summed E-state index contributed by atoms with van der Waals surface area (Å²) < 4.78 is 34.3. The minimum absolute atomic E-state index is 0.280. The molecule has 1 aromatic rings. The van der Waals surface area contributed by atoms with Crippen molar-refractivity contribution in [1.82, 2.24) is 0 Å². The highest BCUT2D eigenvalue weighted by molar-refractivity contribution is 5.83. The zero-order valence-corrected chi connectivity index (χ0v) is 23.8. The average molecular weight is 571 g/mol. The van der Waals surface area contributed by atoms with Gasteiger partial charge >= 0.3 is 11.9 Å². The van der Waals surface area contributed by atoms with E-state index >= 15 is 0 Å². The summed E-state index contributed by atoms with van der Waals surface area (Å²) in [7, 11) is 0. The highest BCUT2D eigenvalue weighted by atomic mass is 16.7. The van der Waals surface area contributed by atoms with Crippen LogP contribution in [0.5, 0.6) is 11.5 Å². The van der Waals surface area contributed by atoms with Gasteiger partial charge in [-0.2, -0.15) is 0 Å². The fraction of sp³-hybridized carbons (Fsp3) is 0.625. The van der Waals surface area contributed by atoms with Crippen LogP contribution in [0.1, 0.15) is 83.1 Å². The van der Waals surface area contributed by atoms with Crippen LogP contribution in [0.3, 0.4) is 0 Å². The van der Waals surface area contributed by atoms with E-state index in [1.54, 1.807) is 6.08 Å². The Labute approximate surface area is 241 Å². The normalized spacial score (nSPS) is 29.1. The SMILES string of the molecule is CC(=O)OC(CCCCCC/C=C/CCc1ccc2c(c1)OCO2)CC1CC(O)CC2(CC3OC(=O)C=CC3O2)O1. The molecule has 1 aromatic carbocycles. The van der Waals surface area contributed by atoms with Gasteiger partial charge in [0.15, 0.2) is 17.3 Å². The van der Waals surface area contributed by atoms with Crippen LogP contribution in [-0.4, -0.2) is 60.1 Å². The van der Waals surface area contributed by atoms with E-state index in [4.69, 9.17) is 28.4 Å². The number of carbonyl (C=O) groups is 2. The molecule has 0 bridgehead atoms. The van der Waals surface area contributed by atoms with Crippen LogP contribution >= 0.6 is 0 Å². The second kappa shape index (κ2) is 13.9. The monoisotopic (exact) mass is 570 g/mol. The number of aliphatic hydroxyl groups excluding tert-OH is 1. The van der Waals surface area contributed by atoms with Gasteiger partial charge in [0.1, 0.15) is 18.3 Å². The summed E-state index contributed by atoms with van der Waals surface area (Å²) in [6, 6.07) is 6.13. The van der Waals surface area contributed by atoms with Crippen LogP contribution < -0.4 is 9.47 Å². The van der Waals surface area contributed by atoms with Gasteiger partial charge in [0.2, 0.25) is 6.79 Å². The maximum Gasteiger partial charge on any atom is 0.330 e.